The summed E-state index contributed by atoms with van der Waals surface area (Å²) in [6, 6.07) is 3.43. The summed E-state index contributed by atoms with van der Waals surface area (Å²) in [7, 11) is 0. The average molecular weight is 188 g/mol. The minimum Gasteiger partial charge on any atom is -0.361 e. The number of pyridine rings is 1. The lowest BCUT2D eigenvalue weighted by molar-refractivity contribution is 0.103. The van der Waals surface area contributed by atoms with Gasteiger partial charge in [-0.3, -0.25) is 9.78 Å². The Labute approximate surface area is 80.6 Å². The molecule has 0 bridgehead atoms. The van der Waals surface area contributed by atoms with Crippen molar-refractivity contribution < 1.29 is 9.32 Å². The van der Waals surface area contributed by atoms with Crippen LogP contribution < -0.4 is 0 Å². The van der Waals surface area contributed by atoms with Gasteiger partial charge in [0.2, 0.25) is 0 Å². The van der Waals surface area contributed by atoms with Crippen LogP contribution in [0.5, 0.6) is 0 Å². The van der Waals surface area contributed by atoms with Gasteiger partial charge in [-0.1, -0.05) is 5.16 Å². The zero-order valence-electron chi connectivity index (χ0n) is 7.60. The van der Waals surface area contributed by atoms with E-state index >= 15 is 0 Å². The first-order valence-electron chi connectivity index (χ1n) is 4.15. The lowest BCUT2D eigenvalue weighted by atomic mass is 10.1. The summed E-state index contributed by atoms with van der Waals surface area (Å²) in [5.74, 6) is 0.413. The fourth-order valence-corrected chi connectivity index (χ4v) is 1.17. The van der Waals surface area contributed by atoms with Crippen molar-refractivity contribution in [2.24, 2.45) is 0 Å². The highest BCUT2D eigenvalue weighted by Crippen LogP contribution is 2.11. The highest BCUT2D eigenvalue weighted by molar-refractivity contribution is 6.09. The summed E-state index contributed by atoms with van der Waals surface area (Å²) in [4.78, 5) is 15.7. The van der Waals surface area contributed by atoms with Crippen LogP contribution in [0.3, 0.4) is 0 Å². The van der Waals surface area contributed by atoms with E-state index < -0.39 is 0 Å². The molecule has 0 aliphatic carbocycles. The third-order valence-corrected chi connectivity index (χ3v) is 1.92. The number of carbonyl (C=O) groups excluding carboxylic acids is 1. The molecule has 0 saturated heterocycles. The predicted molar refractivity (Wildman–Crippen MR) is 48.9 cm³/mol. The van der Waals surface area contributed by atoms with E-state index in [2.05, 4.69) is 10.1 Å². The molecule has 14 heavy (non-hydrogen) atoms. The van der Waals surface area contributed by atoms with Gasteiger partial charge in [-0.15, -0.1) is 0 Å². The molecule has 4 heteroatoms. The molecule has 0 saturated carbocycles. The van der Waals surface area contributed by atoms with Crippen molar-refractivity contribution in [1.82, 2.24) is 10.1 Å². The first kappa shape index (κ1) is 8.62. The molecule has 0 spiro atoms. The summed E-state index contributed by atoms with van der Waals surface area (Å²) >= 11 is 0. The van der Waals surface area contributed by atoms with Gasteiger partial charge in [-0.05, 0) is 19.1 Å². The highest BCUT2D eigenvalue weighted by Gasteiger charge is 2.14. The minimum atomic E-state index is -0.114. The zero-order chi connectivity index (χ0) is 9.97. The predicted octanol–water partition coefficient (Wildman–Crippen LogP) is 1.61. The molecule has 0 atom stereocenters. The Hall–Kier alpha value is -1.97. The van der Waals surface area contributed by atoms with Crippen LogP contribution in [0.2, 0.25) is 0 Å². The van der Waals surface area contributed by atoms with Gasteiger partial charge in [0, 0.05) is 18.0 Å². The Kier molecular flexibility index (Phi) is 2.10. The van der Waals surface area contributed by atoms with Gasteiger partial charge >= 0.3 is 0 Å². The van der Waals surface area contributed by atoms with Crippen LogP contribution in [-0.4, -0.2) is 15.9 Å². The second-order valence-corrected chi connectivity index (χ2v) is 2.87. The molecule has 4 nitrogen and oxygen atoms in total. The number of hydrogen-bond donors (Lipinski definition) is 0. The number of ketones is 1. The van der Waals surface area contributed by atoms with Gasteiger partial charge in [0.15, 0.2) is 5.78 Å². The lowest BCUT2D eigenvalue weighted by Gasteiger charge is -1.96. The van der Waals surface area contributed by atoms with E-state index in [1.807, 2.05) is 0 Å². The third-order valence-electron chi connectivity index (χ3n) is 1.92. The highest BCUT2D eigenvalue weighted by atomic mass is 16.5. The van der Waals surface area contributed by atoms with E-state index in [0.29, 0.717) is 16.9 Å². The standard InChI is InChI=1S/C10H8N2O2/c1-7-9(6-12-14-7)10(13)8-3-2-4-11-5-8/h2-6H,1H3. The monoisotopic (exact) mass is 188 g/mol. The van der Waals surface area contributed by atoms with Gasteiger partial charge in [0.25, 0.3) is 0 Å². The zero-order valence-corrected chi connectivity index (χ0v) is 7.60. The smallest absolute Gasteiger partial charge is 0.199 e. The molecule has 0 radical (unpaired) electrons. The van der Waals surface area contributed by atoms with Crippen LogP contribution in [0, 0.1) is 6.92 Å². The molecular weight excluding hydrogens is 180 g/mol. The molecular formula is C10H8N2O2. The van der Waals surface area contributed by atoms with Gasteiger partial charge in [-0.2, -0.15) is 0 Å². The molecule has 0 fully saturated rings. The van der Waals surface area contributed by atoms with Crippen molar-refractivity contribution in [2.75, 3.05) is 0 Å². The summed E-state index contributed by atoms with van der Waals surface area (Å²) in [5.41, 5.74) is 1.02. The largest absolute Gasteiger partial charge is 0.361 e. The van der Waals surface area contributed by atoms with Crippen molar-refractivity contribution in [3.05, 3.63) is 47.6 Å². The van der Waals surface area contributed by atoms with Gasteiger partial charge in [0.1, 0.15) is 5.76 Å². The Morgan fingerprint density at radius 1 is 1.43 bits per heavy atom. The number of aromatic nitrogens is 2. The van der Waals surface area contributed by atoms with Crippen molar-refractivity contribution >= 4 is 5.78 Å². The number of hydrogen-bond acceptors (Lipinski definition) is 4. The van der Waals surface area contributed by atoms with Crippen molar-refractivity contribution in [1.29, 1.82) is 0 Å². The van der Waals surface area contributed by atoms with Crippen LogP contribution in [-0.2, 0) is 0 Å². The molecule has 70 valence electrons. The van der Waals surface area contributed by atoms with E-state index in [9.17, 15) is 4.79 Å². The number of aryl methyl sites for hydroxylation is 1. The molecule has 2 heterocycles. The van der Waals surface area contributed by atoms with Crippen molar-refractivity contribution in [3.63, 3.8) is 0 Å². The van der Waals surface area contributed by atoms with Gasteiger partial charge in [-0.25, -0.2) is 0 Å². The fourth-order valence-electron chi connectivity index (χ4n) is 1.17. The van der Waals surface area contributed by atoms with Crippen LogP contribution in [0.4, 0.5) is 0 Å². The molecule has 0 amide bonds. The maximum atomic E-state index is 11.8. The first-order chi connectivity index (χ1) is 6.79. The SMILES string of the molecule is Cc1oncc1C(=O)c1cccnc1. The Morgan fingerprint density at radius 3 is 2.86 bits per heavy atom. The number of rotatable bonds is 2. The van der Waals surface area contributed by atoms with Crippen LogP contribution >= 0.6 is 0 Å². The molecule has 0 aliphatic rings. The van der Waals surface area contributed by atoms with E-state index in [-0.39, 0.29) is 5.78 Å². The fraction of sp³-hybridized carbons (Fsp3) is 0.100. The minimum absolute atomic E-state index is 0.114. The Morgan fingerprint density at radius 2 is 2.29 bits per heavy atom. The van der Waals surface area contributed by atoms with E-state index in [0.717, 1.165) is 0 Å². The Bertz CT molecular complexity index is 448. The van der Waals surface area contributed by atoms with E-state index in [4.69, 9.17) is 4.52 Å². The summed E-state index contributed by atoms with van der Waals surface area (Å²) in [6.45, 7) is 1.70. The second kappa shape index (κ2) is 3.41. The van der Waals surface area contributed by atoms with Gasteiger partial charge in [0.05, 0.1) is 11.8 Å². The van der Waals surface area contributed by atoms with Crippen LogP contribution in [0.15, 0.2) is 35.2 Å². The number of nitrogens with zero attached hydrogens (tertiary/aromatic N) is 2. The van der Waals surface area contributed by atoms with Crippen molar-refractivity contribution in [3.8, 4) is 0 Å². The van der Waals surface area contributed by atoms with Gasteiger partial charge < -0.3 is 4.52 Å². The van der Waals surface area contributed by atoms with Crippen LogP contribution in [0.25, 0.3) is 0 Å². The molecule has 0 unspecified atom stereocenters. The maximum absolute atomic E-state index is 11.8. The van der Waals surface area contributed by atoms with Crippen LogP contribution in [0.1, 0.15) is 21.7 Å². The van der Waals surface area contributed by atoms with E-state index in [1.165, 1.54) is 12.4 Å². The molecule has 2 aromatic heterocycles. The normalized spacial score (nSPS) is 10.1. The second-order valence-electron chi connectivity index (χ2n) is 2.87. The average Bonchev–Trinajstić information content (AvgIpc) is 2.65. The molecule has 0 aliphatic heterocycles. The molecule has 2 rings (SSSR count). The molecule has 0 N–H and O–H groups in total. The summed E-state index contributed by atoms with van der Waals surface area (Å²) < 4.78 is 4.82. The van der Waals surface area contributed by atoms with E-state index in [1.54, 1.807) is 25.3 Å². The molecule has 0 aromatic carbocycles. The first-order valence-corrected chi connectivity index (χ1v) is 4.15. The molecule has 2 aromatic rings. The summed E-state index contributed by atoms with van der Waals surface area (Å²) in [6.07, 6.45) is 4.57. The van der Waals surface area contributed by atoms with Crippen molar-refractivity contribution in [2.45, 2.75) is 6.92 Å². The Balaban J connectivity index is 2.39. The number of carbonyl (C=O) groups is 1. The third kappa shape index (κ3) is 1.42. The quantitative estimate of drug-likeness (QED) is 0.672. The topological polar surface area (TPSA) is 56.0 Å². The lowest BCUT2D eigenvalue weighted by Crippen LogP contribution is -2.01. The summed E-state index contributed by atoms with van der Waals surface area (Å²) in [5, 5.41) is 3.55. The maximum Gasteiger partial charge on any atom is 0.199 e.